The van der Waals surface area contributed by atoms with Crippen LogP contribution in [0, 0.1) is 0 Å². The van der Waals surface area contributed by atoms with Crippen molar-refractivity contribution < 1.29 is 9.21 Å². The Morgan fingerprint density at radius 3 is 2.81 bits per heavy atom. The highest BCUT2D eigenvalue weighted by atomic mass is 16.3. The van der Waals surface area contributed by atoms with Gasteiger partial charge in [0.15, 0.2) is 0 Å². The second kappa shape index (κ2) is 5.87. The molecule has 1 aromatic carbocycles. The predicted octanol–water partition coefficient (Wildman–Crippen LogP) is 3.23. The summed E-state index contributed by atoms with van der Waals surface area (Å²) in [5, 5.41) is 3.93. The molecule has 0 atom stereocenters. The molecule has 21 heavy (non-hydrogen) atoms. The summed E-state index contributed by atoms with van der Waals surface area (Å²) in [6.45, 7) is 3.33. The number of hydrogen-bond acceptors (Lipinski definition) is 2. The quantitative estimate of drug-likeness (QED) is 0.781. The normalized spacial score (nSPS) is 10.9. The van der Waals surface area contributed by atoms with Gasteiger partial charge in [-0.15, -0.1) is 0 Å². The van der Waals surface area contributed by atoms with Crippen molar-refractivity contribution in [3.05, 3.63) is 60.0 Å². The van der Waals surface area contributed by atoms with Gasteiger partial charge in [-0.25, -0.2) is 0 Å². The largest absolute Gasteiger partial charge is 0.448 e. The van der Waals surface area contributed by atoms with Crippen LogP contribution in [-0.2, 0) is 13.0 Å². The molecular weight excluding hydrogens is 264 g/mol. The minimum absolute atomic E-state index is 0.0563. The van der Waals surface area contributed by atoms with Gasteiger partial charge in [0, 0.05) is 18.5 Å². The first-order valence-corrected chi connectivity index (χ1v) is 7.18. The topological polar surface area (TPSA) is 47.2 Å². The molecule has 0 unspecified atom stereocenters. The molecule has 2 heterocycles. The van der Waals surface area contributed by atoms with E-state index in [0.29, 0.717) is 18.8 Å². The van der Waals surface area contributed by atoms with E-state index < -0.39 is 0 Å². The smallest absolute Gasteiger partial charge is 0.268 e. The lowest BCUT2D eigenvalue weighted by Gasteiger charge is -2.08. The molecule has 0 saturated heterocycles. The van der Waals surface area contributed by atoms with Crippen molar-refractivity contribution in [2.45, 2.75) is 19.9 Å². The molecule has 108 valence electrons. The Morgan fingerprint density at radius 1 is 1.24 bits per heavy atom. The van der Waals surface area contributed by atoms with E-state index in [1.54, 1.807) is 6.26 Å². The van der Waals surface area contributed by atoms with Gasteiger partial charge in [0.1, 0.15) is 5.69 Å². The first kappa shape index (κ1) is 13.5. The fraction of sp³-hybridized carbons (Fsp3) is 0.235. The summed E-state index contributed by atoms with van der Waals surface area (Å²) in [6.07, 6.45) is 2.48. The first-order valence-electron chi connectivity index (χ1n) is 7.18. The second-order valence-corrected chi connectivity index (χ2v) is 4.95. The van der Waals surface area contributed by atoms with E-state index in [-0.39, 0.29) is 5.91 Å². The van der Waals surface area contributed by atoms with Gasteiger partial charge in [0.2, 0.25) is 5.71 Å². The number of aryl methyl sites for hydroxylation is 1. The number of fused-ring (bicyclic) bond motifs is 1. The molecule has 0 bridgehead atoms. The number of hydrogen-bond donors (Lipinski definition) is 1. The third-order valence-electron chi connectivity index (χ3n) is 3.59. The Balaban J connectivity index is 1.68. The molecule has 1 N–H and O–H groups in total. The summed E-state index contributed by atoms with van der Waals surface area (Å²) in [5.41, 5.74) is 2.63. The molecular formula is C17H18N2O2. The third-order valence-corrected chi connectivity index (χ3v) is 3.59. The van der Waals surface area contributed by atoms with E-state index in [0.717, 1.165) is 17.5 Å². The van der Waals surface area contributed by atoms with Gasteiger partial charge in [0.25, 0.3) is 5.91 Å². The Bertz CT molecular complexity index is 741. The van der Waals surface area contributed by atoms with E-state index in [1.807, 2.05) is 41.8 Å². The number of furan rings is 1. The summed E-state index contributed by atoms with van der Waals surface area (Å²) < 4.78 is 7.32. The van der Waals surface area contributed by atoms with Crippen LogP contribution in [0.1, 0.15) is 23.0 Å². The molecule has 4 nitrogen and oxygen atoms in total. The fourth-order valence-electron chi connectivity index (χ4n) is 2.53. The third kappa shape index (κ3) is 2.70. The van der Waals surface area contributed by atoms with E-state index in [2.05, 4.69) is 17.4 Å². The zero-order valence-corrected chi connectivity index (χ0v) is 12.0. The Kier molecular flexibility index (Phi) is 3.77. The van der Waals surface area contributed by atoms with Gasteiger partial charge >= 0.3 is 0 Å². The number of benzene rings is 1. The fourth-order valence-corrected chi connectivity index (χ4v) is 2.53. The van der Waals surface area contributed by atoms with Crippen molar-refractivity contribution in [3.63, 3.8) is 0 Å². The highest BCUT2D eigenvalue weighted by Gasteiger charge is 2.16. The molecule has 2 aromatic heterocycles. The number of amides is 1. The van der Waals surface area contributed by atoms with Gasteiger partial charge in [0.05, 0.1) is 6.26 Å². The SMILES string of the molecule is CCn1c(C(=O)NCCc2ccccc2)cc2ccoc21. The van der Waals surface area contributed by atoms with E-state index in [9.17, 15) is 4.79 Å². The highest BCUT2D eigenvalue weighted by molar-refractivity contribution is 5.97. The average molecular weight is 282 g/mol. The number of rotatable bonds is 5. The van der Waals surface area contributed by atoms with Crippen LogP contribution in [0.5, 0.6) is 0 Å². The highest BCUT2D eigenvalue weighted by Crippen LogP contribution is 2.20. The van der Waals surface area contributed by atoms with Gasteiger partial charge in [-0.2, -0.15) is 0 Å². The second-order valence-electron chi connectivity index (χ2n) is 4.95. The number of carbonyl (C=O) groups excluding carboxylic acids is 1. The maximum absolute atomic E-state index is 12.3. The van der Waals surface area contributed by atoms with Crippen molar-refractivity contribution in [2.24, 2.45) is 0 Å². The van der Waals surface area contributed by atoms with E-state index in [4.69, 9.17) is 4.42 Å². The maximum Gasteiger partial charge on any atom is 0.268 e. The Hall–Kier alpha value is -2.49. The lowest BCUT2D eigenvalue weighted by molar-refractivity contribution is 0.0945. The van der Waals surface area contributed by atoms with Crippen molar-refractivity contribution in [1.29, 1.82) is 0 Å². The molecule has 0 fully saturated rings. The maximum atomic E-state index is 12.3. The van der Waals surface area contributed by atoms with Crippen LogP contribution in [0.4, 0.5) is 0 Å². The number of nitrogens with zero attached hydrogens (tertiary/aromatic N) is 1. The van der Waals surface area contributed by atoms with Gasteiger partial charge < -0.3 is 14.3 Å². The predicted molar refractivity (Wildman–Crippen MR) is 82.4 cm³/mol. The van der Waals surface area contributed by atoms with Crippen molar-refractivity contribution in [3.8, 4) is 0 Å². The van der Waals surface area contributed by atoms with Crippen LogP contribution in [0.3, 0.4) is 0 Å². The van der Waals surface area contributed by atoms with Crippen LogP contribution in [-0.4, -0.2) is 17.0 Å². The molecule has 4 heteroatoms. The summed E-state index contributed by atoms with van der Waals surface area (Å²) in [5.74, 6) is -0.0563. The number of carbonyl (C=O) groups is 1. The Morgan fingerprint density at radius 2 is 2.05 bits per heavy atom. The molecule has 0 saturated carbocycles. The van der Waals surface area contributed by atoms with Crippen LogP contribution in [0.2, 0.25) is 0 Å². The molecule has 1 amide bonds. The van der Waals surface area contributed by atoms with Crippen molar-refractivity contribution in [2.75, 3.05) is 6.54 Å². The van der Waals surface area contributed by atoms with E-state index >= 15 is 0 Å². The summed E-state index contributed by atoms with van der Waals surface area (Å²) >= 11 is 0. The minimum Gasteiger partial charge on any atom is -0.448 e. The summed E-state index contributed by atoms with van der Waals surface area (Å²) in [4.78, 5) is 12.3. The molecule has 0 aliphatic heterocycles. The average Bonchev–Trinajstić information content (AvgIpc) is 3.08. The minimum atomic E-state index is -0.0563. The Labute approximate surface area is 123 Å². The standard InChI is InChI=1S/C17H18N2O2/c1-2-19-15(12-14-9-11-21-17(14)19)16(20)18-10-8-13-6-4-3-5-7-13/h3-7,9,11-12H,2,8,10H2,1H3,(H,18,20). The van der Waals surface area contributed by atoms with Gasteiger partial charge in [-0.1, -0.05) is 30.3 Å². The van der Waals surface area contributed by atoms with Crippen LogP contribution < -0.4 is 5.32 Å². The summed E-state index contributed by atoms with van der Waals surface area (Å²) in [6, 6.07) is 13.9. The zero-order chi connectivity index (χ0) is 14.7. The lowest BCUT2D eigenvalue weighted by atomic mass is 10.1. The monoisotopic (exact) mass is 282 g/mol. The molecule has 0 radical (unpaired) electrons. The molecule has 3 aromatic rings. The lowest BCUT2D eigenvalue weighted by Crippen LogP contribution is -2.27. The van der Waals surface area contributed by atoms with Gasteiger partial charge in [-0.05, 0) is 31.0 Å². The zero-order valence-electron chi connectivity index (χ0n) is 12.0. The summed E-state index contributed by atoms with van der Waals surface area (Å²) in [7, 11) is 0. The molecule has 0 aliphatic carbocycles. The van der Waals surface area contributed by atoms with Crippen molar-refractivity contribution >= 4 is 17.0 Å². The van der Waals surface area contributed by atoms with Crippen LogP contribution in [0.25, 0.3) is 11.1 Å². The number of aromatic nitrogens is 1. The van der Waals surface area contributed by atoms with E-state index in [1.165, 1.54) is 5.56 Å². The molecule has 3 rings (SSSR count). The van der Waals surface area contributed by atoms with Crippen LogP contribution in [0.15, 0.2) is 53.1 Å². The van der Waals surface area contributed by atoms with Gasteiger partial charge in [-0.3, -0.25) is 4.79 Å². The molecule has 0 spiro atoms. The first-order chi connectivity index (χ1) is 10.3. The van der Waals surface area contributed by atoms with Crippen molar-refractivity contribution in [1.82, 2.24) is 9.88 Å². The number of nitrogens with one attached hydrogen (secondary N) is 1. The van der Waals surface area contributed by atoms with Crippen LogP contribution >= 0.6 is 0 Å². The molecule has 0 aliphatic rings.